The van der Waals surface area contributed by atoms with Crippen molar-refractivity contribution in [2.24, 2.45) is 0 Å². The predicted octanol–water partition coefficient (Wildman–Crippen LogP) is 1.50. The summed E-state index contributed by atoms with van der Waals surface area (Å²) < 4.78 is 10.5. The van der Waals surface area contributed by atoms with E-state index in [0.717, 1.165) is 35.2 Å². The summed E-state index contributed by atoms with van der Waals surface area (Å²) in [5.41, 5.74) is 1.64. The van der Waals surface area contributed by atoms with Gasteiger partial charge in [0.25, 0.3) is 5.56 Å². The van der Waals surface area contributed by atoms with E-state index in [2.05, 4.69) is 15.2 Å². The molecule has 1 aliphatic carbocycles. The van der Waals surface area contributed by atoms with Crippen molar-refractivity contribution < 1.29 is 23.9 Å². The predicted molar refractivity (Wildman–Crippen MR) is 103 cm³/mol. The van der Waals surface area contributed by atoms with Crippen LogP contribution in [0.2, 0.25) is 0 Å². The van der Waals surface area contributed by atoms with Gasteiger partial charge in [-0.2, -0.15) is 5.10 Å². The highest BCUT2D eigenvalue weighted by Gasteiger charge is 2.24. The molecule has 1 amide bonds. The zero-order valence-electron chi connectivity index (χ0n) is 16.4. The van der Waals surface area contributed by atoms with Crippen LogP contribution in [0, 0.1) is 0 Å². The van der Waals surface area contributed by atoms with E-state index in [1.54, 1.807) is 0 Å². The summed E-state index contributed by atoms with van der Waals surface area (Å²) in [5.74, 6) is -1.87. The van der Waals surface area contributed by atoms with Crippen molar-refractivity contribution in [1.82, 2.24) is 9.78 Å². The van der Waals surface area contributed by atoms with Crippen LogP contribution in [0.15, 0.2) is 29.1 Å². The van der Waals surface area contributed by atoms with Crippen molar-refractivity contribution in [3.05, 3.63) is 57.0 Å². The molecule has 1 heterocycles. The number of aromatic nitrogens is 2. The highest BCUT2D eigenvalue weighted by atomic mass is 16.5. The molecule has 1 aliphatic rings. The molecular weight excluding hydrogens is 378 g/mol. The van der Waals surface area contributed by atoms with Crippen LogP contribution in [0.4, 0.5) is 5.69 Å². The number of amides is 1. The molecule has 1 aromatic heterocycles. The first-order chi connectivity index (χ1) is 13.8. The van der Waals surface area contributed by atoms with Gasteiger partial charge in [0.1, 0.15) is 6.04 Å². The highest BCUT2D eigenvalue weighted by Crippen LogP contribution is 2.22. The van der Waals surface area contributed by atoms with Gasteiger partial charge in [0.15, 0.2) is 0 Å². The van der Waals surface area contributed by atoms with Gasteiger partial charge >= 0.3 is 11.9 Å². The zero-order chi connectivity index (χ0) is 21.1. The summed E-state index contributed by atoms with van der Waals surface area (Å²) in [7, 11) is 2.43. The minimum Gasteiger partial charge on any atom is -0.465 e. The molecule has 0 aliphatic heterocycles. The maximum Gasteiger partial charge on any atom is 0.339 e. The first-order valence-electron chi connectivity index (χ1n) is 9.09. The van der Waals surface area contributed by atoms with Crippen LogP contribution < -0.4 is 10.9 Å². The number of methoxy groups -OCH3 is 2. The van der Waals surface area contributed by atoms with E-state index < -0.39 is 23.9 Å². The third-order valence-corrected chi connectivity index (χ3v) is 4.83. The van der Waals surface area contributed by atoms with E-state index in [0.29, 0.717) is 0 Å². The fourth-order valence-corrected chi connectivity index (χ4v) is 3.22. The highest BCUT2D eigenvalue weighted by molar-refractivity contribution is 6.04. The van der Waals surface area contributed by atoms with Crippen molar-refractivity contribution >= 4 is 23.5 Å². The molecular formula is C20H21N3O6. The molecule has 3 rings (SSSR count). The summed E-state index contributed by atoms with van der Waals surface area (Å²) in [6, 6.07) is 4.65. The Kier molecular flexibility index (Phi) is 5.76. The van der Waals surface area contributed by atoms with Crippen LogP contribution in [0.5, 0.6) is 0 Å². The number of fused-ring (bicyclic) bond motifs is 1. The second-order valence-corrected chi connectivity index (χ2v) is 6.66. The van der Waals surface area contributed by atoms with Gasteiger partial charge in [-0.25, -0.2) is 14.3 Å². The normalized spacial score (nSPS) is 13.3. The summed E-state index contributed by atoms with van der Waals surface area (Å²) >= 11 is 0. The zero-order valence-corrected chi connectivity index (χ0v) is 16.4. The Morgan fingerprint density at radius 3 is 2.52 bits per heavy atom. The summed E-state index contributed by atoms with van der Waals surface area (Å²) in [4.78, 5) is 49.0. The average Bonchev–Trinajstić information content (AvgIpc) is 3.18. The number of hydrogen-bond donors (Lipinski definition) is 1. The van der Waals surface area contributed by atoms with E-state index in [4.69, 9.17) is 4.74 Å². The molecule has 0 spiro atoms. The fraction of sp³-hybridized carbons (Fsp3) is 0.350. The maximum atomic E-state index is 12.8. The Morgan fingerprint density at radius 2 is 1.83 bits per heavy atom. The van der Waals surface area contributed by atoms with Gasteiger partial charge in [0, 0.05) is 6.07 Å². The number of rotatable bonds is 5. The molecule has 1 N–H and O–H groups in total. The molecule has 0 radical (unpaired) electrons. The van der Waals surface area contributed by atoms with Crippen LogP contribution in [-0.2, 0) is 27.1 Å². The van der Waals surface area contributed by atoms with Crippen molar-refractivity contribution in [1.29, 1.82) is 0 Å². The number of anilines is 1. The van der Waals surface area contributed by atoms with Crippen LogP contribution in [-0.4, -0.2) is 41.8 Å². The van der Waals surface area contributed by atoms with Gasteiger partial charge in [-0.15, -0.1) is 0 Å². The van der Waals surface area contributed by atoms with Gasteiger partial charge < -0.3 is 14.8 Å². The van der Waals surface area contributed by atoms with Gasteiger partial charge in [0.05, 0.1) is 36.7 Å². The Balaban J connectivity index is 1.92. The third-order valence-electron chi connectivity index (χ3n) is 4.83. The standard InChI is InChI=1S/C20H21N3O6/c1-11(23-17(24)10-12-5-4-6-15(12)22-23)18(25)21-16-9-13(19(26)28-2)7-8-14(16)20(27)29-3/h7-11H,4-6H2,1-3H3,(H,21,25). The minimum absolute atomic E-state index is 0.0648. The first kappa shape index (κ1) is 20.2. The minimum atomic E-state index is -0.930. The summed E-state index contributed by atoms with van der Waals surface area (Å²) in [5, 5.41) is 6.92. The number of hydrogen-bond acceptors (Lipinski definition) is 7. The lowest BCUT2D eigenvalue weighted by atomic mass is 10.1. The monoisotopic (exact) mass is 399 g/mol. The molecule has 9 nitrogen and oxygen atoms in total. The molecule has 9 heteroatoms. The number of carbonyl (C=O) groups excluding carboxylic acids is 3. The van der Waals surface area contributed by atoms with Crippen molar-refractivity contribution in [3.63, 3.8) is 0 Å². The summed E-state index contributed by atoms with van der Waals surface area (Å²) in [6.07, 6.45) is 2.49. The van der Waals surface area contributed by atoms with Gasteiger partial charge in [0.2, 0.25) is 5.91 Å². The number of nitrogens with one attached hydrogen (secondary N) is 1. The second kappa shape index (κ2) is 8.26. The lowest BCUT2D eigenvalue weighted by Crippen LogP contribution is -2.34. The maximum absolute atomic E-state index is 12.8. The quantitative estimate of drug-likeness (QED) is 0.757. The lowest BCUT2D eigenvalue weighted by molar-refractivity contribution is -0.119. The van der Waals surface area contributed by atoms with Crippen molar-refractivity contribution in [2.75, 3.05) is 19.5 Å². The van der Waals surface area contributed by atoms with Crippen molar-refractivity contribution in [3.8, 4) is 0 Å². The van der Waals surface area contributed by atoms with Gasteiger partial charge in [-0.05, 0) is 49.9 Å². The van der Waals surface area contributed by atoms with E-state index in [9.17, 15) is 19.2 Å². The SMILES string of the molecule is COC(=O)c1ccc(C(=O)OC)c(NC(=O)C(C)n2nc3c(cc2=O)CCC3)c1. The van der Waals surface area contributed by atoms with Gasteiger partial charge in [-0.3, -0.25) is 9.59 Å². The van der Waals surface area contributed by atoms with Crippen LogP contribution in [0.3, 0.4) is 0 Å². The van der Waals surface area contributed by atoms with Crippen molar-refractivity contribution in [2.45, 2.75) is 32.2 Å². The Morgan fingerprint density at radius 1 is 1.10 bits per heavy atom. The molecule has 152 valence electrons. The summed E-state index contributed by atoms with van der Waals surface area (Å²) in [6.45, 7) is 1.53. The topological polar surface area (TPSA) is 117 Å². The second-order valence-electron chi connectivity index (χ2n) is 6.66. The molecule has 1 unspecified atom stereocenters. The number of carbonyl (C=O) groups is 3. The Hall–Kier alpha value is -3.49. The molecule has 1 atom stereocenters. The Bertz CT molecular complexity index is 1040. The number of aryl methyl sites for hydroxylation is 2. The molecule has 0 saturated carbocycles. The number of ether oxygens (including phenoxy) is 2. The average molecular weight is 399 g/mol. The van der Waals surface area contributed by atoms with Crippen LogP contribution in [0.25, 0.3) is 0 Å². The van der Waals surface area contributed by atoms with E-state index >= 15 is 0 Å². The number of esters is 2. The smallest absolute Gasteiger partial charge is 0.339 e. The van der Waals surface area contributed by atoms with Crippen LogP contribution >= 0.6 is 0 Å². The lowest BCUT2D eigenvalue weighted by Gasteiger charge is -2.17. The molecule has 1 aromatic carbocycles. The van der Waals surface area contributed by atoms with Gasteiger partial charge in [-0.1, -0.05) is 0 Å². The Labute approximate surface area is 166 Å². The number of nitrogens with zero attached hydrogens (tertiary/aromatic N) is 2. The first-order valence-corrected chi connectivity index (χ1v) is 9.09. The molecule has 2 aromatic rings. The molecule has 0 fully saturated rings. The fourth-order valence-electron chi connectivity index (χ4n) is 3.22. The largest absolute Gasteiger partial charge is 0.465 e. The molecule has 29 heavy (non-hydrogen) atoms. The van der Waals surface area contributed by atoms with Crippen LogP contribution in [0.1, 0.15) is 51.4 Å². The number of benzene rings is 1. The molecule has 0 saturated heterocycles. The van der Waals surface area contributed by atoms with E-state index in [1.165, 1.54) is 45.4 Å². The van der Waals surface area contributed by atoms with E-state index in [1.807, 2.05) is 0 Å². The van der Waals surface area contributed by atoms with E-state index in [-0.39, 0.29) is 22.4 Å². The third kappa shape index (κ3) is 4.03. The molecule has 0 bridgehead atoms.